The Labute approximate surface area is 104 Å². The number of rotatable bonds is 2. The van der Waals surface area contributed by atoms with Crippen molar-refractivity contribution in [1.29, 1.82) is 0 Å². The molecule has 2 nitrogen and oxygen atoms in total. The van der Waals surface area contributed by atoms with Crippen molar-refractivity contribution in [2.45, 2.75) is 6.92 Å². The average molecular weight is 247 g/mol. The number of carboxylic acid groups (broad SMARTS) is 1. The first-order valence-corrected chi connectivity index (χ1v) is 5.56. The lowest BCUT2D eigenvalue weighted by Crippen LogP contribution is -1.99. The Hall–Kier alpha value is -1.80. The van der Waals surface area contributed by atoms with Gasteiger partial charge < -0.3 is 5.11 Å². The first kappa shape index (κ1) is 11.7. The van der Waals surface area contributed by atoms with Crippen molar-refractivity contribution < 1.29 is 9.90 Å². The molecule has 0 aliphatic heterocycles. The summed E-state index contributed by atoms with van der Waals surface area (Å²) in [5.74, 6) is -0.933. The zero-order valence-corrected chi connectivity index (χ0v) is 10.0. The van der Waals surface area contributed by atoms with Crippen molar-refractivity contribution in [2.24, 2.45) is 0 Å². The summed E-state index contributed by atoms with van der Waals surface area (Å²) in [4.78, 5) is 11.1. The molecular weight excluding hydrogens is 236 g/mol. The third kappa shape index (κ3) is 2.32. The highest BCUT2D eigenvalue weighted by Crippen LogP contribution is 2.27. The van der Waals surface area contributed by atoms with Crippen molar-refractivity contribution >= 4 is 17.6 Å². The summed E-state index contributed by atoms with van der Waals surface area (Å²) in [6.07, 6.45) is 0. The Morgan fingerprint density at radius 1 is 1.18 bits per heavy atom. The molecule has 0 unspecified atom stereocenters. The standard InChI is InChI=1S/C14H11ClO2/c1-9-6-7-10(8-13(9)15)11-4-2-3-5-12(11)14(16)17/h2-8H,1H3,(H,16,17). The van der Waals surface area contributed by atoms with E-state index >= 15 is 0 Å². The maximum absolute atomic E-state index is 11.1. The highest BCUT2D eigenvalue weighted by atomic mass is 35.5. The lowest BCUT2D eigenvalue weighted by atomic mass is 9.99. The summed E-state index contributed by atoms with van der Waals surface area (Å²) >= 11 is 6.05. The summed E-state index contributed by atoms with van der Waals surface area (Å²) in [5.41, 5.74) is 2.76. The molecular formula is C14H11ClO2. The highest BCUT2D eigenvalue weighted by Gasteiger charge is 2.11. The van der Waals surface area contributed by atoms with Crippen LogP contribution in [0.2, 0.25) is 5.02 Å². The number of hydrogen-bond donors (Lipinski definition) is 1. The van der Waals surface area contributed by atoms with E-state index in [-0.39, 0.29) is 5.56 Å². The number of hydrogen-bond acceptors (Lipinski definition) is 1. The van der Waals surface area contributed by atoms with E-state index in [1.54, 1.807) is 24.3 Å². The van der Waals surface area contributed by atoms with Crippen LogP contribution in [0.25, 0.3) is 11.1 Å². The van der Waals surface area contributed by atoms with Gasteiger partial charge >= 0.3 is 5.97 Å². The van der Waals surface area contributed by atoms with Gasteiger partial charge in [0, 0.05) is 5.02 Å². The second kappa shape index (κ2) is 4.60. The Morgan fingerprint density at radius 2 is 1.88 bits per heavy atom. The predicted molar refractivity (Wildman–Crippen MR) is 68.6 cm³/mol. The molecule has 2 rings (SSSR count). The van der Waals surface area contributed by atoms with Crippen LogP contribution in [0.1, 0.15) is 15.9 Å². The SMILES string of the molecule is Cc1ccc(-c2ccccc2C(=O)O)cc1Cl. The number of aromatic carboxylic acids is 1. The number of halogens is 1. The van der Waals surface area contributed by atoms with Crippen LogP contribution in [-0.4, -0.2) is 11.1 Å². The Bertz CT molecular complexity index is 576. The number of carbonyl (C=O) groups is 1. The normalized spacial score (nSPS) is 10.2. The van der Waals surface area contributed by atoms with E-state index < -0.39 is 5.97 Å². The fourth-order valence-corrected chi connectivity index (χ4v) is 1.86. The van der Waals surface area contributed by atoms with Crippen LogP contribution < -0.4 is 0 Å². The minimum atomic E-state index is -0.933. The van der Waals surface area contributed by atoms with E-state index in [1.807, 2.05) is 25.1 Å². The van der Waals surface area contributed by atoms with Gasteiger partial charge in [0.05, 0.1) is 5.56 Å². The molecule has 1 N–H and O–H groups in total. The molecule has 86 valence electrons. The van der Waals surface area contributed by atoms with Crippen LogP contribution in [0, 0.1) is 6.92 Å². The number of carboxylic acids is 1. The third-order valence-corrected chi connectivity index (χ3v) is 3.05. The maximum Gasteiger partial charge on any atom is 0.336 e. The van der Waals surface area contributed by atoms with E-state index in [9.17, 15) is 4.79 Å². The van der Waals surface area contributed by atoms with Crippen molar-refractivity contribution in [3.8, 4) is 11.1 Å². The van der Waals surface area contributed by atoms with E-state index in [4.69, 9.17) is 16.7 Å². The van der Waals surface area contributed by atoms with Crippen LogP contribution in [0.4, 0.5) is 0 Å². The molecule has 0 spiro atoms. The Kier molecular flexibility index (Phi) is 3.16. The van der Waals surface area contributed by atoms with Gasteiger partial charge in [-0.15, -0.1) is 0 Å². The molecule has 0 fully saturated rings. The van der Waals surface area contributed by atoms with Crippen molar-refractivity contribution in [3.05, 3.63) is 58.6 Å². The third-order valence-electron chi connectivity index (χ3n) is 2.64. The van der Waals surface area contributed by atoms with E-state index in [1.165, 1.54) is 0 Å². The van der Waals surface area contributed by atoms with E-state index in [0.29, 0.717) is 10.6 Å². The molecule has 0 heterocycles. The Morgan fingerprint density at radius 3 is 2.53 bits per heavy atom. The fourth-order valence-electron chi connectivity index (χ4n) is 1.68. The predicted octanol–water partition coefficient (Wildman–Crippen LogP) is 4.01. The van der Waals surface area contributed by atoms with E-state index in [2.05, 4.69) is 0 Å². The molecule has 0 aromatic heterocycles. The van der Waals surface area contributed by atoms with Gasteiger partial charge in [0.25, 0.3) is 0 Å². The number of aryl methyl sites for hydroxylation is 1. The molecule has 2 aromatic carbocycles. The Balaban J connectivity index is 2.60. The molecule has 0 aliphatic carbocycles. The van der Waals surface area contributed by atoms with Crippen LogP contribution in [0.15, 0.2) is 42.5 Å². The van der Waals surface area contributed by atoms with Crippen LogP contribution in [0.3, 0.4) is 0 Å². The minimum absolute atomic E-state index is 0.285. The van der Waals surface area contributed by atoms with Gasteiger partial charge in [0.2, 0.25) is 0 Å². The smallest absolute Gasteiger partial charge is 0.336 e. The lowest BCUT2D eigenvalue weighted by Gasteiger charge is -2.07. The van der Waals surface area contributed by atoms with Crippen LogP contribution in [-0.2, 0) is 0 Å². The van der Waals surface area contributed by atoms with Crippen molar-refractivity contribution in [3.63, 3.8) is 0 Å². The molecule has 2 aromatic rings. The summed E-state index contributed by atoms with van der Waals surface area (Å²) in [6.45, 7) is 1.91. The first-order valence-electron chi connectivity index (χ1n) is 5.18. The van der Waals surface area contributed by atoms with Crippen LogP contribution >= 0.6 is 11.6 Å². The molecule has 17 heavy (non-hydrogen) atoms. The summed E-state index contributed by atoms with van der Waals surface area (Å²) < 4.78 is 0. The van der Waals surface area contributed by atoms with Gasteiger partial charge in [0.15, 0.2) is 0 Å². The van der Waals surface area contributed by atoms with E-state index in [0.717, 1.165) is 11.1 Å². The molecule has 0 saturated carbocycles. The van der Waals surface area contributed by atoms with Gasteiger partial charge in [-0.25, -0.2) is 4.79 Å². The summed E-state index contributed by atoms with van der Waals surface area (Å²) in [6, 6.07) is 12.5. The molecule has 0 amide bonds. The summed E-state index contributed by atoms with van der Waals surface area (Å²) in [7, 11) is 0. The molecule has 0 atom stereocenters. The fraction of sp³-hybridized carbons (Fsp3) is 0.0714. The maximum atomic E-state index is 11.1. The highest BCUT2D eigenvalue weighted by molar-refractivity contribution is 6.31. The topological polar surface area (TPSA) is 37.3 Å². The minimum Gasteiger partial charge on any atom is -0.478 e. The largest absolute Gasteiger partial charge is 0.478 e. The summed E-state index contributed by atoms with van der Waals surface area (Å²) in [5, 5.41) is 9.76. The van der Waals surface area contributed by atoms with Crippen molar-refractivity contribution in [1.82, 2.24) is 0 Å². The van der Waals surface area contributed by atoms with Gasteiger partial charge in [-0.05, 0) is 35.7 Å². The molecule has 0 bridgehead atoms. The molecule has 0 saturated heterocycles. The number of benzene rings is 2. The average Bonchev–Trinajstić information content (AvgIpc) is 2.32. The van der Waals surface area contributed by atoms with Gasteiger partial charge in [-0.2, -0.15) is 0 Å². The lowest BCUT2D eigenvalue weighted by molar-refractivity contribution is 0.0698. The van der Waals surface area contributed by atoms with Gasteiger partial charge in [-0.1, -0.05) is 41.9 Å². The zero-order valence-electron chi connectivity index (χ0n) is 9.27. The zero-order chi connectivity index (χ0) is 12.4. The molecule has 0 aliphatic rings. The molecule has 3 heteroatoms. The molecule has 0 radical (unpaired) electrons. The second-order valence-corrected chi connectivity index (χ2v) is 4.22. The van der Waals surface area contributed by atoms with Crippen LogP contribution in [0.5, 0.6) is 0 Å². The van der Waals surface area contributed by atoms with Gasteiger partial charge in [-0.3, -0.25) is 0 Å². The second-order valence-electron chi connectivity index (χ2n) is 3.81. The van der Waals surface area contributed by atoms with Crippen molar-refractivity contribution in [2.75, 3.05) is 0 Å². The monoisotopic (exact) mass is 246 g/mol. The first-order chi connectivity index (χ1) is 8.09. The quantitative estimate of drug-likeness (QED) is 0.869. The van der Waals surface area contributed by atoms with Gasteiger partial charge in [0.1, 0.15) is 0 Å².